The fourth-order valence-corrected chi connectivity index (χ4v) is 9.87. The number of cyclic esters (lactones) is 1. The van der Waals surface area contributed by atoms with Crippen LogP contribution in [-0.2, 0) is 54.5 Å². The molecule has 2 aromatic carbocycles. The number of pyridine rings is 1. The number of amides is 4. The van der Waals surface area contributed by atoms with Crippen LogP contribution in [0.15, 0.2) is 54.7 Å². The lowest BCUT2D eigenvalue weighted by molar-refractivity contribution is -0.155. The average Bonchev–Trinajstić information content (AvgIpc) is 3.89. The number of nitrogens with zero attached hydrogens (tertiary/aromatic N) is 5. The maximum absolute atomic E-state index is 14.7. The van der Waals surface area contributed by atoms with Gasteiger partial charge < -0.3 is 35.3 Å². The number of likely N-dealkylation sites (N-methyl/N-ethyl adjacent to an activating group) is 1. The van der Waals surface area contributed by atoms with E-state index in [-0.39, 0.29) is 110 Å². The summed E-state index contributed by atoms with van der Waals surface area (Å²) in [5, 5.41) is 16.7. The van der Waals surface area contributed by atoms with Crippen molar-refractivity contribution in [2.75, 3.05) is 39.8 Å². The maximum atomic E-state index is 14.7. The van der Waals surface area contributed by atoms with Gasteiger partial charge >= 0.3 is 5.97 Å². The van der Waals surface area contributed by atoms with Gasteiger partial charge in [0.25, 0.3) is 5.91 Å². The molecular formula is C49H72N8O7S4. The molecule has 6 bridgehead atoms. The highest BCUT2D eigenvalue weighted by Gasteiger charge is 2.40. The van der Waals surface area contributed by atoms with Crippen molar-refractivity contribution in [1.82, 2.24) is 35.1 Å². The van der Waals surface area contributed by atoms with Crippen molar-refractivity contribution in [2.24, 2.45) is 23.0 Å². The molecule has 5 heterocycles. The second-order valence-electron chi connectivity index (χ2n) is 18.7. The number of hydrogen-bond acceptors (Lipinski definition) is 10. The van der Waals surface area contributed by atoms with Gasteiger partial charge in [-0.1, -0.05) is 46.8 Å². The van der Waals surface area contributed by atoms with Crippen molar-refractivity contribution in [2.45, 2.75) is 105 Å². The minimum Gasteiger partial charge on any atom is -0.508 e. The molecule has 0 saturated carbocycles. The van der Waals surface area contributed by atoms with E-state index in [2.05, 4.69) is 61.2 Å². The maximum Gasteiger partial charge on any atom is 0.324 e. The lowest BCUT2D eigenvalue weighted by Gasteiger charge is -2.37. The van der Waals surface area contributed by atoms with Crippen LogP contribution in [0.2, 0.25) is 0 Å². The number of phenolic OH excluding ortho intramolecular Hbond substituents is 1. The van der Waals surface area contributed by atoms with Gasteiger partial charge in [-0.2, -0.15) is 54.0 Å². The highest BCUT2D eigenvalue weighted by atomic mass is 32.1. The van der Waals surface area contributed by atoms with E-state index in [1.807, 2.05) is 38.2 Å². The molecule has 3 aliphatic rings. The molecular weight excluding hydrogens is 941 g/mol. The van der Waals surface area contributed by atoms with Gasteiger partial charge in [0.1, 0.15) is 23.9 Å². The van der Waals surface area contributed by atoms with Gasteiger partial charge in [-0.3, -0.25) is 34.0 Å². The Labute approximate surface area is 428 Å². The van der Waals surface area contributed by atoms with Crippen molar-refractivity contribution in [1.29, 1.82) is 0 Å². The molecule has 7 rings (SSSR count). The monoisotopic (exact) mass is 1010 g/mol. The molecule has 4 aromatic rings. The molecule has 0 aliphatic carbocycles. The molecule has 2 fully saturated rings. The van der Waals surface area contributed by atoms with Crippen LogP contribution in [0.4, 0.5) is 0 Å². The van der Waals surface area contributed by atoms with Crippen molar-refractivity contribution in [3.05, 3.63) is 71.5 Å². The third-order valence-electron chi connectivity index (χ3n) is 13.1. The minimum absolute atomic E-state index is 0. The number of fused-ring (bicyclic) bond motifs is 6. The summed E-state index contributed by atoms with van der Waals surface area (Å²) in [6.07, 6.45) is 4.57. The Morgan fingerprint density at radius 1 is 1.01 bits per heavy atom. The number of aromatic nitrogens is 2. The van der Waals surface area contributed by atoms with E-state index < -0.39 is 47.2 Å². The number of benzene rings is 2. The van der Waals surface area contributed by atoms with Gasteiger partial charge in [0.2, 0.25) is 17.7 Å². The number of likely N-dealkylation sites (tertiary alicyclic amines) is 1. The van der Waals surface area contributed by atoms with Gasteiger partial charge in [0.05, 0.1) is 24.8 Å². The lowest BCUT2D eigenvalue weighted by atomic mass is 9.84. The zero-order valence-electron chi connectivity index (χ0n) is 40.3. The number of aryl methyl sites for hydroxylation is 2. The predicted molar refractivity (Wildman–Crippen MR) is 286 cm³/mol. The van der Waals surface area contributed by atoms with Crippen LogP contribution in [0.5, 0.6) is 5.75 Å². The van der Waals surface area contributed by atoms with Gasteiger partial charge in [0.15, 0.2) is 0 Å². The zero-order valence-corrected chi connectivity index (χ0v) is 44.3. The first-order chi connectivity index (χ1) is 30.5. The average molecular weight is 1010 g/mol. The van der Waals surface area contributed by atoms with Crippen LogP contribution < -0.4 is 16.5 Å². The Bertz CT molecular complexity index is 2450. The Kier molecular flexibility index (Phi) is 20.8. The minimum atomic E-state index is -1.15. The largest absolute Gasteiger partial charge is 0.508 e. The van der Waals surface area contributed by atoms with Crippen LogP contribution in [0.3, 0.4) is 0 Å². The molecule has 0 radical (unpaired) electrons. The predicted octanol–water partition coefficient (Wildman–Crippen LogP) is 5.05. The van der Waals surface area contributed by atoms with E-state index in [4.69, 9.17) is 15.5 Å². The Balaban J connectivity index is 0.00000306. The summed E-state index contributed by atoms with van der Waals surface area (Å²) in [4.78, 5) is 76.9. The Hall–Kier alpha value is -4.40. The van der Waals surface area contributed by atoms with Gasteiger partial charge in [-0.05, 0) is 104 Å². The molecule has 4 atom stereocenters. The molecule has 3 aliphatic heterocycles. The van der Waals surface area contributed by atoms with Crippen molar-refractivity contribution in [3.63, 3.8) is 0 Å². The molecule has 2 aromatic heterocycles. The Morgan fingerprint density at radius 2 is 1.75 bits per heavy atom. The zero-order chi connectivity index (χ0) is 46.0. The summed E-state index contributed by atoms with van der Waals surface area (Å²) in [5.74, 6) is -2.81. The molecule has 4 amide bonds. The number of carbonyl (C=O) groups is 5. The summed E-state index contributed by atoms with van der Waals surface area (Å²) >= 11 is 0. The quantitative estimate of drug-likeness (QED) is 0.165. The van der Waals surface area contributed by atoms with Crippen LogP contribution in [0.1, 0.15) is 77.6 Å². The SMILES string of the molecule is CCc1ncccc1-c1c2c3cc(ccc3n1CC)-c1cc(O)cc(c1)C[C@H](NC(=O)[C@H](C(C)C)N(C)C(=O)[C@H]1CCN(C(=O)CN)C1)C(=O)N1CCC[C@H](N1)C(=O)OCC(C)(C)C2.S.S.S.S. The molecule has 19 heteroatoms. The smallest absolute Gasteiger partial charge is 0.324 e. The first-order valence-corrected chi connectivity index (χ1v) is 22.8. The van der Waals surface area contributed by atoms with Crippen molar-refractivity contribution in [3.8, 4) is 28.1 Å². The van der Waals surface area contributed by atoms with Crippen LogP contribution >= 0.6 is 54.0 Å². The first kappa shape index (κ1) is 57.9. The second kappa shape index (κ2) is 24.4. The number of phenols is 1. The number of nitrogens with one attached hydrogen (secondary N) is 2. The van der Waals surface area contributed by atoms with E-state index in [0.717, 1.165) is 51.0 Å². The normalized spacial score (nSPS) is 19.6. The van der Waals surface area contributed by atoms with Crippen molar-refractivity contribution < 1.29 is 33.8 Å². The van der Waals surface area contributed by atoms with E-state index in [9.17, 15) is 29.1 Å². The summed E-state index contributed by atoms with van der Waals surface area (Å²) in [7, 11) is 1.58. The number of hydrogen-bond donors (Lipinski definition) is 4. The third kappa shape index (κ3) is 12.3. The van der Waals surface area contributed by atoms with Crippen molar-refractivity contribution >= 4 is 94.5 Å². The van der Waals surface area contributed by atoms with E-state index in [1.54, 1.807) is 24.1 Å². The lowest BCUT2D eigenvalue weighted by Crippen LogP contribution is -2.62. The fraction of sp³-hybridized carbons (Fsp3) is 0.510. The van der Waals surface area contributed by atoms with Crippen LogP contribution in [0, 0.1) is 17.3 Å². The molecule has 0 unspecified atom stereocenters. The van der Waals surface area contributed by atoms with Gasteiger partial charge in [0, 0.05) is 73.4 Å². The van der Waals surface area contributed by atoms with E-state index in [0.29, 0.717) is 44.3 Å². The summed E-state index contributed by atoms with van der Waals surface area (Å²) in [6.45, 7) is 13.7. The number of ether oxygens (including phenoxy) is 1. The number of rotatable bonds is 9. The van der Waals surface area contributed by atoms with Gasteiger partial charge in [-0.25, -0.2) is 5.43 Å². The number of hydrazine groups is 1. The molecule has 374 valence electrons. The molecule has 0 spiro atoms. The third-order valence-corrected chi connectivity index (χ3v) is 13.1. The van der Waals surface area contributed by atoms with E-state index >= 15 is 0 Å². The van der Waals surface area contributed by atoms with E-state index in [1.165, 1.54) is 9.91 Å². The summed E-state index contributed by atoms with van der Waals surface area (Å²) < 4.78 is 8.41. The molecule has 2 saturated heterocycles. The number of esters is 1. The summed E-state index contributed by atoms with van der Waals surface area (Å²) in [6, 6.07) is 12.7. The number of carbonyl (C=O) groups excluding carboxylic acids is 5. The molecule has 68 heavy (non-hydrogen) atoms. The van der Waals surface area contributed by atoms with Crippen LogP contribution in [0.25, 0.3) is 33.3 Å². The topological polar surface area (TPSA) is 192 Å². The second-order valence-corrected chi connectivity index (χ2v) is 18.7. The number of aromatic hydroxyl groups is 1. The molecule has 5 N–H and O–H groups in total. The molecule has 15 nitrogen and oxygen atoms in total. The summed E-state index contributed by atoms with van der Waals surface area (Å²) in [5.41, 5.74) is 15.6. The van der Waals surface area contributed by atoms with Crippen LogP contribution in [-0.4, -0.2) is 117 Å². The fourth-order valence-electron chi connectivity index (χ4n) is 9.87. The first-order valence-electron chi connectivity index (χ1n) is 22.8. The standard InChI is InChI=1S/C49H64N8O7.4H2S/c1-8-38-35(12-10-17-51-38)44-37-25-49(5,6)28-64-48(63)39-13-11-18-57(53-39)47(62)40(22-30-20-33(23-34(58)21-30)31-14-15-41(36(37)24-31)56(44)9-2)52-45(60)43(29(3)4)54(7)46(61)32-16-19-55(27-32)42(59)26-50;;;;/h10,12,14-15,17,20-21,23-24,29,32,39-40,43,53,58H,8-9,11,13,16,18-19,22,25-28,50H2,1-7H3,(H,52,60);4*1H2/t32-,39-,40-,43-;;;;/m0..../s1. The van der Waals surface area contributed by atoms with Gasteiger partial charge in [-0.15, -0.1) is 0 Å². The highest BCUT2D eigenvalue weighted by molar-refractivity contribution is 7.59. The number of nitrogens with two attached hydrogens (primary N) is 1. The Morgan fingerprint density at radius 3 is 2.43 bits per heavy atom. The highest BCUT2D eigenvalue weighted by Crippen LogP contribution is 2.41.